The lowest BCUT2D eigenvalue weighted by Crippen LogP contribution is -2.41. The van der Waals surface area contributed by atoms with Gasteiger partial charge in [0.15, 0.2) is 0 Å². The summed E-state index contributed by atoms with van der Waals surface area (Å²) < 4.78 is 0. The second-order valence-corrected chi connectivity index (χ2v) is 10.3. The average Bonchev–Trinajstić information content (AvgIpc) is 3.09. The topological polar surface area (TPSA) is 26.7 Å². The zero-order valence-electron chi connectivity index (χ0n) is 19.3. The van der Waals surface area contributed by atoms with Crippen molar-refractivity contribution >= 4 is 5.69 Å². The quantitative estimate of drug-likeness (QED) is 0.615. The van der Waals surface area contributed by atoms with Crippen molar-refractivity contribution in [3.05, 3.63) is 101 Å². The molecule has 33 heavy (non-hydrogen) atoms. The van der Waals surface area contributed by atoms with E-state index in [2.05, 4.69) is 88.7 Å². The van der Waals surface area contributed by atoms with Crippen molar-refractivity contribution in [2.45, 2.75) is 37.8 Å². The molecule has 0 spiro atoms. The highest BCUT2D eigenvalue weighted by atomic mass is 16.3. The SMILES string of the molecule is O[C@@H]1CN2c3ccccc3Cc3ccccc3[C@H]2[C@H]1CN1CCC(Cc2ccccc2)CC1. The van der Waals surface area contributed by atoms with Crippen LogP contribution in [0.25, 0.3) is 0 Å². The molecule has 3 heterocycles. The number of piperidine rings is 1. The Hall–Kier alpha value is -2.62. The molecule has 0 unspecified atom stereocenters. The Balaban J connectivity index is 1.20. The second kappa shape index (κ2) is 8.96. The van der Waals surface area contributed by atoms with Gasteiger partial charge in [-0.15, -0.1) is 0 Å². The molecule has 3 aromatic rings. The highest BCUT2D eigenvalue weighted by Gasteiger charge is 2.45. The van der Waals surface area contributed by atoms with Crippen molar-refractivity contribution in [3.8, 4) is 0 Å². The van der Waals surface area contributed by atoms with Gasteiger partial charge < -0.3 is 14.9 Å². The molecule has 2 saturated heterocycles. The number of benzene rings is 3. The van der Waals surface area contributed by atoms with E-state index in [1.54, 1.807) is 0 Å². The fourth-order valence-corrected chi connectivity index (χ4v) is 6.51. The molecule has 3 heteroatoms. The number of anilines is 1. The largest absolute Gasteiger partial charge is 0.391 e. The smallest absolute Gasteiger partial charge is 0.0778 e. The number of hydrogen-bond donors (Lipinski definition) is 1. The third kappa shape index (κ3) is 4.09. The minimum Gasteiger partial charge on any atom is -0.391 e. The summed E-state index contributed by atoms with van der Waals surface area (Å²) in [4.78, 5) is 5.12. The van der Waals surface area contributed by atoms with Crippen molar-refractivity contribution in [3.63, 3.8) is 0 Å². The van der Waals surface area contributed by atoms with Gasteiger partial charge in [0.2, 0.25) is 0 Å². The molecule has 0 amide bonds. The summed E-state index contributed by atoms with van der Waals surface area (Å²) in [6, 6.07) is 28.9. The Kier molecular flexibility index (Phi) is 5.69. The predicted octanol–water partition coefficient (Wildman–Crippen LogP) is 5.08. The highest BCUT2D eigenvalue weighted by molar-refractivity contribution is 5.61. The van der Waals surface area contributed by atoms with Crippen LogP contribution in [0, 0.1) is 11.8 Å². The van der Waals surface area contributed by atoms with E-state index < -0.39 is 0 Å². The summed E-state index contributed by atoms with van der Waals surface area (Å²) in [5.74, 6) is 1.02. The molecule has 0 bridgehead atoms. The highest BCUT2D eigenvalue weighted by Crippen LogP contribution is 2.46. The molecule has 3 aromatic carbocycles. The van der Waals surface area contributed by atoms with Crippen molar-refractivity contribution in [2.24, 2.45) is 11.8 Å². The van der Waals surface area contributed by atoms with Gasteiger partial charge in [-0.2, -0.15) is 0 Å². The van der Waals surface area contributed by atoms with Gasteiger partial charge in [-0.25, -0.2) is 0 Å². The standard InChI is InChI=1S/C30H34N2O/c33-29-21-32-28-13-7-5-11-25(28)19-24-10-4-6-12-26(24)30(32)27(29)20-31-16-14-23(15-17-31)18-22-8-2-1-3-9-22/h1-13,23,27,29-30,33H,14-21H2/t27-,29+,30-/m0/s1. The molecule has 6 rings (SSSR count). The molecule has 0 aliphatic carbocycles. The van der Waals surface area contributed by atoms with Gasteiger partial charge in [-0.3, -0.25) is 0 Å². The Morgan fingerprint density at radius 1 is 0.788 bits per heavy atom. The second-order valence-electron chi connectivity index (χ2n) is 10.3. The number of rotatable bonds is 4. The van der Waals surface area contributed by atoms with Crippen molar-refractivity contribution < 1.29 is 5.11 Å². The molecule has 0 aromatic heterocycles. The molecule has 3 aliphatic heterocycles. The van der Waals surface area contributed by atoms with Crippen LogP contribution in [-0.2, 0) is 12.8 Å². The first kappa shape index (κ1) is 20.9. The summed E-state index contributed by atoms with van der Waals surface area (Å²) >= 11 is 0. The van der Waals surface area contributed by atoms with Gasteiger partial charge in [0.05, 0.1) is 12.1 Å². The third-order valence-electron chi connectivity index (χ3n) is 8.22. The molecule has 0 saturated carbocycles. The number of aliphatic hydroxyl groups excluding tert-OH is 1. The fraction of sp³-hybridized carbons (Fsp3) is 0.400. The Morgan fingerprint density at radius 3 is 2.30 bits per heavy atom. The Bertz CT molecular complexity index is 1090. The first-order chi connectivity index (χ1) is 16.3. The lowest BCUT2D eigenvalue weighted by atomic mass is 9.86. The third-order valence-corrected chi connectivity index (χ3v) is 8.22. The molecule has 1 N–H and O–H groups in total. The lowest BCUT2D eigenvalue weighted by Gasteiger charge is -2.36. The summed E-state index contributed by atoms with van der Waals surface area (Å²) in [6.45, 7) is 4.00. The number of para-hydroxylation sites is 1. The van der Waals surface area contributed by atoms with Crippen LogP contribution in [0.3, 0.4) is 0 Å². The van der Waals surface area contributed by atoms with E-state index in [0.29, 0.717) is 0 Å². The minimum absolute atomic E-state index is 0.239. The fourth-order valence-electron chi connectivity index (χ4n) is 6.51. The van der Waals surface area contributed by atoms with E-state index in [9.17, 15) is 5.11 Å². The molecule has 170 valence electrons. The van der Waals surface area contributed by atoms with Crippen LogP contribution in [0.15, 0.2) is 78.9 Å². The van der Waals surface area contributed by atoms with Gasteiger partial charge >= 0.3 is 0 Å². The van der Waals surface area contributed by atoms with Crippen molar-refractivity contribution in [1.82, 2.24) is 4.90 Å². The van der Waals surface area contributed by atoms with E-state index in [4.69, 9.17) is 0 Å². The normalized spacial score (nSPS) is 25.2. The molecule has 0 radical (unpaired) electrons. The maximum absolute atomic E-state index is 11.3. The van der Waals surface area contributed by atoms with Crippen LogP contribution in [0.1, 0.15) is 41.1 Å². The molecule has 2 fully saturated rings. The molecule has 3 aliphatic rings. The van der Waals surface area contributed by atoms with Crippen LogP contribution in [0.4, 0.5) is 5.69 Å². The monoisotopic (exact) mass is 438 g/mol. The van der Waals surface area contributed by atoms with Gasteiger partial charge in [0, 0.05) is 24.7 Å². The number of fused-ring (bicyclic) bond motifs is 5. The zero-order valence-corrected chi connectivity index (χ0v) is 19.3. The molecular formula is C30H34N2O. The first-order valence-electron chi connectivity index (χ1n) is 12.6. The molecule has 3 nitrogen and oxygen atoms in total. The Labute approximate surface area is 197 Å². The zero-order chi connectivity index (χ0) is 22.2. The minimum atomic E-state index is -0.295. The van der Waals surface area contributed by atoms with Crippen molar-refractivity contribution in [1.29, 1.82) is 0 Å². The molecule has 3 atom stereocenters. The molecular weight excluding hydrogens is 404 g/mol. The predicted molar refractivity (Wildman–Crippen MR) is 135 cm³/mol. The van der Waals surface area contributed by atoms with Crippen LogP contribution < -0.4 is 4.90 Å². The summed E-state index contributed by atoms with van der Waals surface area (Å²) in [5.41, 5.74) is 6.97. The van der Waals surface area contributed by atoms with E-state index in [0.717, 1.165) is 38.5 Å². The van der Waals surface area contributed by atoms with Crippen molar-refractivity contribution in [2.75, 3.05) is 31.1 Å². The summed E-state index contributed by atoms with van der Waals surface area (Å²) in [6.07, 6.45) is 4.39. The maximum Gasteiger partial charge on any atom is 0.0778 e. The first-order valence-corrected chi connectivity index (χ1v) is 12.6. The van der Waals surface area contributed by atoms with Gasteiger partial charge in [-0.05, 0) is 73.0 Å². The number of hydrogen-bond acceptors (Lipinski definition) is 3. The number of aliphatic hydroxyl groups is 1. The number of nitrogens with zero attached hydrogens (tertiary/aromatic N) is 2. The van der Waals surface area contributed by atoms with E-state index >= 15 is 0 Å². The average molecular weight is 439 g/mol. The van der Waals surface area contributed by atoms with Gasteiger partial charge in [0.25, 0.3) is 0 Å². The van der Waals surface area contributed by atoms with E-state index in [-0.39, 0.29) is 18.1 Å². The van der Waals surface area contributed by atoms with Gasteiger partial charge in [-0.1, -0.05) is 72.8 Å². The maximum atomic E-state index is 11.3. The van der Waals surface area contributed by atoms with E-state index in [1.165, 1.54) is 47.2 Å². The van der Waals surface area contributed by atoms with Crippen LogP contribution >= 0.6 is 0 Å². The Morgan fingerprint density at radius 2 is 1.48 bits per heavy atom. The number of likely N-dealkylation sites (tertiary alicyclic amines) is 1. The van der Waals surface area contributed by atoms with Crippen LogP contribution in [-0.4, -0.2) is 42.3 Å². The van der Waals surface area contributed by atoms with E-state index in [1.807, 2.05) is 0 Å². The van der Waals surface area contributed by atoms with Crippen LogP contribution in [0.5, 0.6) is 0 Å². The summed E-state index contributed by atoms with van der Waals surface area (Å²) in [7, 11) is 0. The van der Waals surface area contributed by atoms with Crippen LogP contribution in [0.2, 0.25) is 0 Å². The lowest BCUT2D eigenvalue weighted by molar-refractivity contribution is 0.0868. The van der Waals surface area contributed by atoms with Gasteiger partial charge in [0.1, 0.15) is 0 Å². The summed E-state index contributed by atoms with van der Waals surface area (Å²) in [5, 5.41) is 11.3.